The van der Waals surface area contributed by atoms with Gasteiger partial charge in [0.05, 0.1) is 35.6 Å². The van der Waals surface area contributed by atoms with E-state index in [0.717, 1.165) is 44.5 Å². The van der Waals surface area contributed by atoms with Gasteiger partial charge in [-0.05, 0) is 162 Å². The minimum Gasteiger partial charge on any atom is -0.487 e. The van der Waals surface area contributed by atoms with Crippen molar-refractivity contribution in [2.45, 2.75) is 179 Å². The number of benzene rings is 6. The maximum Gasteiger partial charge on any atom is 0.407 e. The predicted octanol–water partition coefficient (Wildman–Crippen LogP) is 9.11. The van der Waals surface area contributed by atoms with Crippen molar-refractivity contribution in [2.24, 2.45) is 5.92 Å². The number of hydrogen-bond donors (Lipinski definition) is 9. The van der Waals surface area contributed by atoms with E-state index in [0.29, 0.717) is 41.7 Å². The van der Waals surface area contributed by atoms with Crippen LogP contribution >= 0.6 is 0 Å². The quantitative estimate of drug-likeness (QED) is 0.00959. The Bertz CT molecular complexity index is 3830. The highest BCUT2D eigenvalue weighted by atomic mass is 32.2. The summed E-state index contributed by atoms with van der Waals surface area (Å²) in [6, 6.07) is 38.3. The van der Waals surface area contributed by atoms with Gasteiger partial charge < -0.3 is 51.4 Å². The van der Waals surface area contributed by atoms with Crippen LogP contribution in [0.3, 0.4) is 0 Å². The molecule has 6 aromatic carbocycles. The fourth-order valence-corrected chi connectivity index (χ4v) is 14.3. The minimum atomic E-state index is -4.29. The molecule has 516 valence electrons. The number of rotatable bonds is 28. The Morgan fingerprint density at radius 1 is 0.660 bits per heavy atom. The molecule has 1 aliphatic carbocycles. The van der Waals surface area contributed by atoms with Crippen LogP contribution in [-0.2, 0) is 60.2 Å². The summed E-state index contributed by atoms with van der Waals surface area (Å²) in [5.41, 5.74) is 6.24. The fraction of sp³-hybridized carbons (Fsp3) is 0.413. The van der Waals surface area contributed by atoms with Gasteiger partial charge in [-0.2, -0.15) is 0 Å². The summed E-state index contributed by atoms with van der Waals surface area (Å²) < 4.78 is 48.9. The third-order valence-corrected chi connectivity index (χ3v) is 19.7. The molecule has 6 atom stereocenters. The number of carbonyl (C=O) groups is 7. The van der Waals surface area contributed by atoms with Crippen LogP contribution in [0.25, 0.3) is 11.1 Å². The maximum absolute atomic E-state index is 14.8. The standard InChI is InChI=1S/C75H93N9O12S/c1-13-45(2)64(70(90)82-65(50(7)95-73(8,9)10)69(89)78-43-63(87)79-61(49(6)85)42-62(86)83-75(51-28-17-14-18-29-51,52-30-19-15-20-31-52)53-32-21-16-22-33-53)81-68(88)60(80-72(91)94-44-59-57-36-25-23-34-55(57)56-35-24-26-37-58(56)59)38-27-41-77-71(76)84-97(92,93)67-47(4)46(3)66-54(48(67)5)39-40-74(11,12)96-66/h14-26,28-37,45,50,59-61,64-65H,13,27,38-44H2,1-12H3,(H,78,89)(H,79,87)(H,80,91)(H,81,88)(H,82,90)(H,83,86)(H3,76,77,84)/t45-,50+,60-,61-,64-,65?/m0/s1. The first-order valence-electron chi connectivity index (χ1n) is 33.1. The van der Waals surface area contributed by atoms with Crippen molar-refractivity contribution in [3.8, 4) is 16.9 Å². The van der Waals surface area contributed by atoms with E-state index in [1.54, 1.807) is 55.4 Å². The molecule has 6 aromatic rings. The van der Waals surface area contributed by atoms with Crippen molar-refractivity contribution in [2.75, 3.05) is 19.7 Å². The lowest BCUT2D eigenvalue weighted by Crippen LogP contribution is -2.61. The van der Waals surface area contributed by atoms with E-state index >= 15 is 0 Å². The van der Waals surface area contributed by atoms with Crippen LogP contribution in [0.1, 0.15) is 150 Å². The zero-order valence-electron chi connectivity index (χ0n) is 57.5. The van der Waals surface area contributed by atoms with E-state index in [9.17, 15) is 42.0 Å². The zero-order valence-corrected chi connectivity index (χ0v) is 58.3. The molecule has 6 amide bonds. The number of guanidine groups is 1. The van der Waals surface area contributed by atoms with Gasteiger partial charge in [-0.3, -0.25) is 34.2 Å². The van der Waals surface area contributed by atoms with Gasteiger partial charge in [0.2, 0.25) is 35.5 Å². The van der Waals surface area contributed by atoms with Crippen molar-refractivity contribution in [1.29, 1.82) is 5.41 Å². The summed E-state index contributed by atoms with van der Waals surface area (Å²) >= 11 is 0. The molecule has 0 radical (unpaired) electrons. The lowest BCUT2D eigenvalue weighted by molar-refractivity contribution is -0.140. The molecule has 1 heterocycles. The molecule has 21 nitrogen and oxygen atoms in total. The zero-order chi connectivity index (χ0) is 70.6. The van der Waals surface area contributed by atoms with Crippen molar-refractivity contribution < 1.29 is 56.2 Å². The predicted molar refractivity (Wildman–Crippen MR) is 372 cm³/mol. The highest BCUT2D eigenvalue weighted by Crippen LogP contribution is 2.45. The van der Waals surface area contributed by atoms with Gasteiger partial charge in [0, 0.05) is 12.5 Å². The molecule has 8 rings (SSSR count). The Kier molecular flexibility index (Phi) is 23.9. The second kappa shape index (κ2) is 31.6. The summed E-state index contributed by atoms with van der Waals surface area (Å²) in [5, 5.41) is 28.2. The van der Waals surface area contributed by atoms with Crippen LogP contribution in [0.5, 0.6) is 5.75 Å². The fourth-order valence-electron chi connectivity index (χ4n) is 12.8. The first-order chi connectivity index (χ1) is 45.9. The van der Waals surface area contributed by atoms with Crippen molar-refractivity contribution in [3.05, 3.63) is 190 Å². The smallest absolute Gasteiger partial charge is 0.407 e. The molecular formula is C75H93N9O12S. The van der Waals surface area contributed by atoms with Crippen molar-refractivity contribution >= 4 is 57.4 Å². The molecule has 97 heavy (non-hydrogen) atoms. The van der Waals surface area contributed by atoms with Crippen LogP contribution in [0, 0.1) is 32.1 Å². The van der Waals surface area contributed by atoms with Crippen LogP contribution in [-0.4, -0.2) is 117 Å². The highest BCUT2D eigenvalue weighted by Gasteiger charge is 2.41. The maximum atomic E-state index is 14.8. The number of ether oxygens (including phenoxy) is 3. The molecule has 0 fully saturated rings. The normalized spacial score (nSPS) is 15.1. The SMILES string of the molecule is CC[C@H](C)[C@H](NC(=O)[C@H](CCCNC(=N)NS(=O)(=O)c1c(C)c(C)c2c(c1C)CCC(C)(C)O2)NC(=O)OCC1c2ccccc2-c2ccccc21)C(=O)NC(C(=O)NCC(=O)N[C@@H](CC(=O)NC(c1ccccc1)(c1ccccc1)c1ccccc1)C(C)=O)[C@@H](C)OC(C)(C)C. The molecule has 1 unspecified atom stereocenters. The Morgan fingerprint density at radius 2 is 1.20 bits per heavy atom. The summed E-state index contributed by atoms with van der Waals surface area (Å²) in [6.07, 6.45) is -0.775. The van der Waals surface area contributed by atoms with Gasteiger partial charge in [0.1, 0.15) is 41.6 Å². The van der Waals surface area contributed by atoms with E-state index in [-0.39, 0.29) is 36.8 Å². The minimum absolute atomic E-state index is 0.0407. The Hall–Kier alpha value is -9.41. The van der Waals surface area contributed by atoms with E-state index in [2.05, 4.69) is 41.9 Å². The molecular weight excluding hydrogens is 1250 g/mol. The first-order valence-corrected chi connectivity index (χ1v) is 34.6. The van der Waals surface area contributed by atoms with E-state index in [1.807, 2.05) is 160 Å². The van der Waals surface area contributed by atoms with Gasteiger partial charge in [-0.15, -0.1) is 0 Å². The van der Waals surface area contributed by atoms with Gasteiger partial charge in [0.25, 0.3) is 10.0 Å². The van der Waals surface area contributed by atoms with Crippen LogP contribution in [0.4, 0.5) is 4.79 Å². The summed E-state index contributed by atoms with van der Waals surface area (Å²) in [5.74, 6) is -5.06. The average Bonchev–Trinajstić information content (AvgIpc) is 1.42. The van der Waals surface area contributed by atoms with Crippen LogP contribution in [0.2, 0.25) is 0 Å². The number of carbonyl (C=O) groups excluding carboxylic acids is 7. The summed E-state index contributed by atoms with van der Waals surface area (Å²) in [4.78, 5) is 99.4. The first kappa shape index (κ1) is 73.4. The highest BCUT2D eigenvalue weighted by molar-refractivity contribution is 7.90. The molecule has 1 aliphatic heterocycles. The van der Waals surface area contributed by atoms with Crippen molar-refractivity contribution in [3.63, 3.8) is 0 Å². The summed E-state index contributed by atoms with van der Waals surface area (Å²) in [6.45, 7) is 20.1. The van der Waals surface area contributed by atoms with Gasteiger partial charge in [0.15, 0.2) is 5.78 Å². The molecule has 0 bridgehead atoms. The number of sulfonamides is 1. The Morgan fingerprint density at radius 3 is 1.73 bits per heavy atom. The van der Waals surface area contributed by atoms with E-state index in [1.165, 1.54) is 6.92 Å². The van der Waals surface area contributed by atoms with Crippen LogP contribution < -0.4 is 46.7 Å². The molecule has 0 saturated carbocycles. The van der Waals surface area contributed by atoms with Crippen molar-refractivity contribution in [1.82, 2.24) is 41.9 Å². The van der Waals surface area contributed by atoms with Crippen LogP contribution in [0.15, 0.2) is 144 Å². The molecule has 2 aliphatic rings. The second-order valence-corrected chi connectivity index (χ2v) is 28.4. The van der Waals surface area contributed by atoms with Gasteiger partial charge in [-0.1, -0.05) is 160 Å². The number of Topliss-reactive ketones (excluding diaryl/α,β-unsaturated/α-hetero) is 1. The molecule has 0 spiro atoms. The van der Waals surface area contributed by atoms with Gasteiger partial charge in [-0.25, -0.2) is 17.9 Å². The Labute approximate surface area is 569 Å². The third kappa shape index (κ3) is 18.0. The molecule has 0 saturated heterocycles. The topological polar surface area (TPSA) is 301 Å². The number of fused-ring (bicyclic) bond motifs is 4. The number of alkyl carbamates (subject to hydrolysis) is 1. The van der Waals surface area contributed by atoms with E-state index < -0.39 is 123 Å². The third-order valence-electron chi connectivity index (χ3n) is 18.1. The molecule has 0 aromatic heterocycles. The average molecular weight is 1340 g/mol. The van der Waals surface area contributed by atoms with Gasteiger partial charge >= 0.3 is 6.09 Å². The number of amides is 6. The van der Waals surface area contributed by atoms with E-state index in [4.69, 9.17) is 19.6 Å². The monoisotopic (exact) mass is 1340 g/mol. The lowest BCUT2D eigenvalue weighted by Gasteiger charge is -2.37. The molecule has 9 N–H and O–H groups in total. The number of ketones is 1. The summed E-state index contributed by atoms with van der Waals surface area (Å²) in [7, 11) is -4.29. The largest absolute Gasteiger partial charge is 0.487 e. The second-order valence-electron chi connectivity index (χ2n) is 26.8. The molecule has 22 heteroatoms. The number of nitrogens with one attached hydrogen (secondary N) is 9. The number of hydrogen-bond acceptors (Lipinski definition) is 13. The Balaban J connectivity index is 0.955. The lowest BCUT2D eigenvalue weighted by atomic mass is 9.77.